The number of carbonyl (C=O) groups excluding carboxylic acids is 1. The summed E-state index contributed by atoms with van der Waals surface area (Å²) in [4.78, 5) is 14.2. The summed E-state index contributed by atoms with van der Waals surface area (Å²) < 4.78 is 5.31. The minimum atomic E-state index is -0.0890. The Balaban J connectivity index is 1.87. The molecular formula is C18H29N3O2. The fraction of sp³-hybridized carbons (Fsp3) is 0.611. The average molecular weight is 319 g/mol. The molecule has 0 bridgehead atoms. The van der Waals surface area contributed by atoms with E-state index in [-0.39, 0.29) is 18.1 Å². The number of ether oxygens (including phenoxy) is 1. The van der Waals surface area contributed by atoms with E-state index in [4.69, 9.17) is 4.74 Å². The molecule has 2 rings (SSSR count). The highest BCUT2D eigenvalue weighted by Gasteiger charge is 2.18. The van der Waals surface area contributed by atoms with E-state index in [1.807, 2.05) is 14.1 Å². The average Bonchev–Trinajstić information content (AvgIpc) is 2.56. The third kappa shape index (κ3) is 5.52. The van der Waals surface area contributed by atoms with E-state index < -0.39 is 0 Å². The molecule has 128 valence electrons. The number of amides is 2. The summed E-state index contributed by atoms with van der Waals surface area (Å²) in [6.45, 7) is 4.21. The quantitative estimate of drug-likeness (QED) is 0.846. The van der Waals surface area contributed by atoms with Gasteiger partial charge in [0.25, 0.3) is 0 Å². The molecule has 1 unspecified atom stereocenters. The lowest BCUT2D eigenvalue weighted by atomic mass is 10.0. The van der Waals surface area contributed by atoms with Gasteiger partial charge in [0.1, 0.15) is 0 Å². The fourth-order valence-electron chi connectivity index (χ4n) is 2.84. The van der Waals surface area contributed by atoms with E-state index in [1.54, 1.807) is 0 Å². The van der Waals surface area contributed by atoms with E-state index in [9.17, 15) is 4.79 Å². The number of nitrogens with zero attached hydrogens (tertiary/aromatic N) is 1. The Morgan fingerprint density at radius 1 is 1.26 bits per heavy atom. The molecule has 5 heteroatoms. The van der Waals surface area contributed by atoms with Gasteiger partial charge in [0.15, 0.2) is 0 Å². The van der Waals surface area contributed by atoms with E-state index >= 15 is 0 Å². The van der Waals surface area contributed by atoms with Crippen molar-refractivity contribution in [2.75, 3.05) is 33.9 Å². The third-order valence-corrected chi connectivity index (χ3v) is 4.41. The Bertz CT molecular complexity index is 482. The maximum Gasteiger partial charge on any atom is 0.315 e. The van der Waals surface area contributed by atoms with E-state index in [2.05, 4.69) is 46.7 Å². The molecule has 1 aromatic carbocycles. The molecular weight excluding hydrogens is 290 g/mol. The van der Waals surface area contributed by atoms with Crippen molar-refractivity contribution < 1.29 is 9.53 Å². The van der Waals surface area contributed by atoms with E-state index in [0.717, 1.165) is 32.5 Å². The number of urea groups is 1. The van der Waals surface area contributed by atoms with Gasteiger partial charge in [0.2, 0.25) is 0 Å². The summed E-state index contributed by atoms with van der Waals surface area (Å²) >= 11 is 0. The van der Waals surface area contributed by atoms with Gasteiger partial charge in [-0.1, -0.05) is 31.2 Å². The molecule has 0 aliphatic carbocycles. The summed E-state index contributed by atoms with van der Waals surface area (Å²) in [6, 6.07) is 8.94. The molecule has 2 N–H and O–H groups in total. The molecule has 23 heavy (non-hydrogen) atoms. The summed E-state index contributed by atoms with van der Waals surface area (Å²) in [5.41, 5.74) is 2.55. The first-order chi connectivity index (χ1) is 11.1. The monoisotopic (exact) mass is 319 g/mol. The first-order valence-corrected chi connectivity index (χ1v) is 8.47. The van der Waals surface area contributed by atoms with Crippen LogP contribution in [0, 0.1) is 0 Å². The molecule has 5 nitrogen and oxygen atoms in total. The van der Waals surface area contributed by atoms with Crippen molar-refractivity contribution in [2.45, 2.75) is 38.3 Å². The van der Waals surface area contributed by atoms with E-state index in [0.29, 0.717) is 6.54 Å². The second kappa shape index (κ2) is 8.89. The lowest BCUT2D eigenvalue weighted by Crippen LogP contribution is -2.46. The molecule has 1 aliphatic heterocycles. The van der Waals surface area contributed by atoms with Crippen LogP contribution >= 0.6 is 0 Å². The number of likely N-dealkylation sites (N-methyl/N-ethyl adjacent to an activating group) is 1. The molecule has 2 amide bonds. The smallest absolute Gasteiger partial charge is 0.315 e. The molecule has 1 heterocycles. The van der Waals surface area contributed by atoms with E-state index in [1.165, 1.54) is 11.1 Å². The van der Waals surface area contributed by atoms with Gasteiger partial charge in [-0.3, -0.25) is 0 Å². The first-order valence-electron chi connectivity index (χ1n) is 8.47. The largest absolute Gasteiger partial charge is 0.381 e. The van der Waals surface area contributed by atoms with Crippen molar-refractivity contribution >= 4 is 6.03 Å². The summed E-state index contributed by atoms with van der Waals surface area (Å²) in [5, 5.41) is 6.04. The summed E-state index contributed by atoms with van der Waals surface area (Å²) in [7, 11) is 4.08. The molecule has 1 atom stereocenters. The molecule has 0 saturated carbocycles. The van der Waals surface area contributed by atoms with Crippen molar-refractivity contribution in [2.24, 2.45) is 0 Å². The molecule has 1 saturated heterocycles. The second-order valence-corrected chi connectivity index (χ2v) is 6.32. The SMILES string of the molecule is CCc1ccc(C(CNC(=O)NC2CCOCC2)N(C)C)cc1. The third-order valence-electron chi connectivity index (χ3n) is 4.41. The Morgan fingerprint density at radius 2 is 1.91 bits per heavy atom. The van der Waals surface area contributed by atoms with Crippen molar-refractivity contribution in [3.8, 4) is 0 Å². The van der Waals surface area contributed by atoms with Gasteiger partial charge >= 0.3 is 6.03 Å². The Morgan fingerprint density at radius 3 is 2.48 bits per heavy atom. The van der Waals surface area contributed by atoms with Gasteiger partial charge in [0.05, 0.1) is 6.04 Å². The normalized spacial score (nSPS) is 17.0. The zero-order valence-electron chi connectivity index (χ0n) is 14.5. The molecule has 0 spiro atoms. The zero-order valence-corrected chi connectivity index (χ0v) is 14.5. The van der Waals surface area contributed by atoms with Crippen LogP contribution in [0.25, 0.3) is 0 Å². The van der Waals surface area contributed by atoms with Gasteiger partial charge < -0.3 is 20.3 Å². The molecule has 0 aromatic heterocycles. The maximum absolute atomic E-state index is 12.1. The van der Waals surface area contributed by atoms with Crippen LogP contribution in [0.15, 0.2) is 24.3 Å². The van der Waals surface area contributed by atoms with Crippen LogP contribution in [0.5, 0.6) is 0 Å². The standard InChI is InChI=1S/C18H29N3O2/c1-4-14-5-7-15(8-6-14)17(21(2)3)13-19-18(22)20-16-9-11-23-12-10-16/h5-8,16-17H,4,9-13H2,1-3H3,(H2,19,20,22). The number of benzene rings is 1. The lowest BCUT2D eigenvalue weighted by Gasteiger charge is -2.27. The van der Waals surface area contributed by atoms with Crippen LogP contribution in [0.3, 0.4) is 0 Å². The number of rotatable bonds is 6. The van der Waals surface area contributed by atoms with Gasteiger partial charge in [-0.2, -0.15) is 0 Å². The number of hydrogen-bond acceptors (Lipinski definition) is 3. The van der Waals surface area contributed by atoms with Crippen molar-refractivity contribution in [1.29, 1.82) is 0 Å². The second-order valence-electron chi connectivity index (χ2n) is 6.32. The molecule has 1 aliphatic rings. The summed E-state index contributed by atoms with van der Waals surface area (Å²) in [5.74, 6) is 0. The number of nitrogens with one attached hydrogen (secondary N) is 2. The minimum Gasteiger partial charge on any atom is -0.381 e. The zero-order chi connectivity index (χ0) is 16.7. The highest BCUT2D eigenvalue weighted by Crippen LogP contribution is 2.18. The highest BCUT2D eigenvalue weighted by molar-refractivity contribution is 5.74. The first kappa shape index (κ1) is 17.8. The fourth-order valence-corrected chi connectivity index (χ4v) is 2.84. The van der Waals surface area contributed by atoms with Crippen molar-refractivity contribution in [1.82, 2.24) is 15.5 Å². The predicted molar refractivity (Wildman–Crippen MR) is 92.6 cm³/mol. The van der Waals surface area contributed by atoms with Crippen molar-refractivity contribution in [3.63, 3.8) is 0 Å². The van der Waals surface area contributed by atoms with Gasteiger partial charge in [-0.25, -0.2) is 4.79 Å². The molecule has 1 fully saturated rings. The number of carbonyl (C=O) groups is 1. The van der Waals surface area contributed by atoms with Gasteiger partial charge in [-0.15, -0.1) is 0 Å². The van der Waals surface area contributed by atoms with Crippen LogP contribution in [0.2, 0.25) is 0 Å². The maximum atomic E-state index is 12.1. The Labute approximate surface area is 139 Å². The molecule has 0 radical (unpaired) electrons. The minimum absolute atomic E-state index is 0.0890. The Kier molecular flexibility index (Phi) is 6.86. The predicted octanol–water partition coefficient (Wildman–Crippen LogP) is 2.33. The van der Waals surface area contributed by atoms with Crippen LogP contribution in [-0.2, 0) is 11.2 Å². The number of aryl methyl sites for hydroxylation is 1. The van der Waals surface area contributed by atoms with Crippen LogP contribution in [0.1, 0.15) is 36.9 Å². The Hall–Kier alpha value is -1.59. The molecule has 1 aromatic rings. The van der Waals surface area contributed by atoms with Gasteiger partial charge in [-0.05, 0) is 44.5 Å². The van der Waals surface area contributed by atoms with Crippen LogP contribution in [0.4, 0.5) is 4.79 Å². The lowest BCUT2D eigenvalue weighted by molar-refractivity contribution is 0.0800. The van der Waals surface area contributed by atoms with Crippen molar-refractivity contribution in [3.05, 3.63) is 35.4 Å². The topological polar surface area (TPSA) is 53.6 Å². The van der Waals surface area contributed by atoms with Gasteiger partial charge in [0, 0.05) is 25.8 Å². The highest BCUT2D eigenvalue weighted by atomic mass is 16.5. The van der Waals surface area contributed by atoms with Crippen LogP contribution < -0.4 is 10.6 Å². The van der Waals surface area contributed by atoms with Crippen LogP contribution in [-0.4, -0.2) is 50.8 Å². The summed E-state index contributed by atoms with van der Waals surface area (Å²) in [6.07, 6.45) is 2.82. The number of hydrogen-bond donors (Lipinski definition) is 2.